The van der Waals surface area contributed by atoms with Crippen molar-refractivity contribution >= 4 is 34.9 Å². The number of carbonyl (C=O) groups excluding carboxylic acids is 3. The van der Waals surface area contributed by atoms with Gasteiger partial charge < -0.3 is 10.6 Å². The molecule has 4 amide bonds. The van der Waals surface area contributed by atoms with Crippen LogP contribution in [0.3, 0.4) is 0 Å². The third-order valence-electron chi connectivity index (χ3n) is 5.13. The molecule has 1 aliphatic heterocycles. The Morgan fingerprint density at radius 1 is 1.19 bits per heavy atom. The van der Waals surface area contributed by atoms with Crippen molar-refractivity contribution in [1.29, 1.82) is 0 Å². The van der Waals surface area contributed by atoms with Crippen LogP contribution in [0, 0.1) is 18.6 Å². The van der Waals surface area contributed by atoms with E-state index in [9.17, 15) is 23.2 Å². The SMILES string of the molecule is Cc1nc(-c2cccc(NC(=O)CN3C(=O)NC(C)(c4ccc(F)c(F)c4)C3=O)c2)cs1. The largest absolute Gasteiger partial charge is 0.325 e. The summed E-state index contributed by atoms with van der Waals surface area (Å²) in [5, 5.41) is 7.94. The Hall–Kier alpha value is -3.66. The van der Waals surface area contributed by atoms with E-state index in [0.717, 1.165) is 33.3 Å². The van der Waals surface area contributed by atoms with Crippen molar-refractivity contribution in [3.05, 3.63) is 70.1 Å². The minimum atomic E-state index is -1.62. The first kappa shape index (κ1) is 21.6. The molecule has 1 unspecified atom stereocenters. The topological polar surface area (TPSA) is 91.4 Å². The third-order valence-corrected chi connectivity index (χ3v) is 5.91. The van der Waals surface area contributed by atoms with Crippen molar-refractivity contribution < 1.29 is 23.2 Å². The van der Waals surface area contributed by atoms with Crippen LogP contribution in [0.5, 0.6) is 0 Å². The molecule has 3 aromatic rings. The number of thiazole rings is 1. The minimum absolute atomic E-state index is 0.0731. The van der Waals surface area contributed by atoms with Crippen LogP contribution >= 0.6 is 11.3 Å². The van der Waals surface area contributed by atoms with E-state index < -0.39 is 41.6 Å². The average Bonchev–Trinajstić information content (AvgIpc) is 3.27. The fourth-order valence-corrected chi connectivity index (χ4v) is 4.06. The highest BCUT2D eigenvalue weighted by atomic mass is 32.1. The summed E-state index contributed by atoms with van der Waals surface area (Å²) in [6.45, 7) is 2.73. The zero-order valence-electron chi connectivity index (χ0n) is 17.1. The predicted octanol–water partition coefficient (Wildman–Crippen LogP) is 3.80. The number of carbonyl (C=O) groups is 3. The van der Waals surface area contributed by atoms with Crippen molar-refractivity contribution in [2.24, 2.45) is 0 Å². The lowest BCUT2D eigenvalue weighted by Gasteiger charge is -2.22. The Morgan fingerprint density at radius 3 is 2.66 bits per heavy atom. The van der Waals surface area contributed by atoms with E-state index in [4.69, 9.17) is 0 Å². The predicted molar refractivity (Wildman–Crippen MR) is 115 cm³/mol. The van der Waals surface area contributed by atoms with Crippen molar-refractivity contribution in [3.63, 3.8) is 0 Å². The summed E-state index contributed by atoms with van der Waals surface area (Å²) in [4.78, 5) is 43.0. The lowest BCUT2D eigenvalue weighted by molar-refractivity contribution is -0.133. The van der Waals surface area contributed by atoms with E-state index in [-0.39, 0.29) is 5.56 Å². The van der Waals surface area contributed by atoms with Crippen LogP contribution in [0.15, 0.2) is 47.8 Å². The van der Waals surface area contributed by atoms with Gasteiger partial charge >= 0.3 is 6.03 Å². The van der Waals surface area contributed by atoms with Crippen molar-refractivity contribution in [2.75, 3.05) is 11.9 Å². The third kappa shape index (κ3) is 3.96. The molecule has 0 aliphatic carbocycles. The van der Waals surface area contributed by atoms with Gasteiger partial charge in [0.05, 0.1) is 10.7 Å². The molecule has 2 aromatic carbocycles. The van der Waals surface area contributed by atoms with Gasteiger partial charge in [-0.15, -0.1) is 11.3 Å². The number of aromatic nitrogens is 1. The normalized spacial score (nSPS) is 18.1. The van der Waals surface area contributed by atoms with Crippen LogP contribution in [0.2, 0.25) is 0 Å². The molecule has 0 spiro atoms. The number of nitrogens with zero attached hydrogens (tertiary/aromatic N) is 2. The average molecular weight is 456 g/mol. The van der Waals surface area contributed by atoms with E-state index in [1.54, 1.807) is 18.2 Å². The summed E-state index contributed by atoms with van der Waals surface area (Å²) in [5.41, 5.74) is 0.527. The number of halogens is 2. The lowest BCUT2D eigenvalue weighted by Crippen LogP contribution is -2.42. The maximum absolute atomic E-state index is 13.7. The molecule has 0 radical (unpaired) electrons. The number of anilines is 1. The molecular formula is C22H18F2N4O3S. The number of hydrogen-bond acceptors (Lipinski definition) is 5. The number of hydrogen-bond donors (Lipinski definition) is 2. The monoisotopic (exact) mass is 456 g/mol. The molecule has 7 nitrogen and oxygen atoms in total. The Labute approximate surface area is 186 Å². The fraction of sp³-hybridized carbons (Fsp3) is 0.182. The van der Waals surface area contributed by atoms with E-state index in [1.165, 1.54) is 24.3 Å². The molecule has 164 valence electrons. The second-order valence-corrected chi connectivity index (χ2v) is 8.52. The molecule has 1 fully saturated rings. The van der Waals surface area contributed by atoms with Gasteiger partial charge in [0.25, 0.3) is 5.91 Å². The second-order valence-electron chi connectivity index (χ2n) is 7.46. The summed E-state index contributed by atoms with van der Waals surface area (Å²) in [7, 11) is 0. The van der Waals surface area contributed by atoms with Crippen LogP contribution in [0.1, 0.15) is 17.5 Å². The molecule has 10 heteroatoms. The van der Waals surface area contributed by atoms with Gasteiger partial charge in [-0.25, -0.2) is 18.6 Å². The maximum atomic E-state index is 13.7. The van der Waals surface area contributed by atoms with Gasteiger partial charge in [-0.05, 0) is 43.7 Å². The quantitative estimate of drug-likeness (QED) is 0.572. The molecule has 4 rings (SSSR count). The number of urea groups is 1. The van der Waals surface area contributed by atoms with Gasteiger partial charge in [-0.2, -0.15) is 0 Å². The first-order valence-electron chi connectivity index (χ1n) is 9.59. The first-order valence-corrected chi connectivity index (χ1v) is 10.5. The van der Waals surface area contributed by atoms with Crippen LogP contribution < -0.4 is 10.6 Å². The van der Waals surface area contributed by atoms with Crippen LogP contribution in [0.4, 0.5) is 19.3 Å². The molecule has 2 heterocycles. The Bertz CT molecular complexity index is 1250. The molecule has 1 saturated heterocycles. The summed E-state index contributed by atoms with van der Waals surface area (Å²) in [6, 6.07) is 9.17. The highest BCUT2D eigenvalue weighted by molar-refractivity contribution is 7.09. The van der Waals surface area contributed by atoms with Crippen LogP contribution in [0.25, 0.3) is 11.3 Å². The standard InChI is InChI=1S/C22H18F2N4O3S/c1-12-25-18(11-32-12)13-4-3-5-15(8-13)26-19(29)10-28-20(30)22(2,27-21(28)31)14-6-7-16(23)17(24)9-14/h3-9,11H,10H2,1-2H3,(H,26,29)(H,27,31). The Kier molecular flexibility index (Phi) is 5.47. The molecule has 0 bridgehead atoms. The van der Waals surface area contributed by atoms with Gasteiger partial charge in [-0.1, -0.05) is 18.2 Å². The number of benzene rings is 2. The van der Waals surface area contributed by atoms with E-state index in [2.05, 4.69) is 15.6 Å². The molecule has 1 aliphatic rings. The smallest absolute Gasteiger partial charge is 0.325 e. The molecule has 0 saturated carbocycles. The second kappa shape index (κ2) is 8.12. The molecule has 1 aromatic heterocycles. The van der Waals surface area contributed by atoms with E-state index >= 15 is 0 Å². The Morgan fingerprint density at radius 2 is 1.97 bits per heavy atom. The lowest BCUT2D eigenvalue weighted by atomic mass is 9.92. The zero-order chi connectivity index (χ0) is 23.0. The summed E-state index contributed by atoms with van der Waals surface area (Å²) < 4.78 is 26.9. The van der Waals surface area contributed by atoms with E-state index in [0.29, 0.717) is 5.69 Å². The number of aryl methyl sites for hydroxylation is 1. The number of rotatable bonds is 5. The highest BCUT2D eigenvalue weighted by Gasteiger charge is 2.49. The fourth-order valence-electron chi connectivity index (χ4n) is 3.44. The van der Waals surface area contributed by atoms with Crippen molar-refractivity contribution in [1.82, 2.24) is 15.2 Å². The summed E-state index contributed by atoms with van der Waals surface area (Å²) >= 11 is 1.51. The van der Waals surface area contributed by atoms with Crippen molar-refractivity contribution in [3.8, 4) is 11.3 Å². The van der Waals surface area contributed by atoms with Gasteiger partial charge in [0.2, 0.25) is 5.91 Å². The Balaban J connectivity index is 1.48. The minimum Gasteiger partial charge on any atom is -0.325 e. The first-order chi connectivity index (χ1) is 15.2. The van der Waals surface area contributed by atoms with Gasteiger partial charge in [0.1, 0.15) is 12.1 Å². The van der Waals surface area contributed by atoms with Crippen LogP contribution in [-0.4, -0.2) is 34.3 Å². The van der Waals surface area contributed by atoms with Gasteiger partial charge in [0, 0.05) is 16.6 Å². The summed E-state index contributed by atoms with van der Waals surface area (Å²) in [6.07, 6.45) is 0. The van der Waals surface area contributed by atoms with Crippen LogP contribution in [-0.2, 0) is 15.1 Å². The number of nitrogens with one attached hydrogen (secondary N) is 2. The van der Waals surface area contributed by atoms with Gasteiger partial charge in [-0.3, -0.25) is 14.5 Å². The number of amides is 4. The molecule has 32 heavy (non-hydrogen) atoms. The molecular weight excluding hydrogens is 438 g/mol. The number of imide groups is 1. The molecule has 2 N–H and O–H groups in total. The zero-order valence-corrected chi connectivity index (χ0v) is 17.9. The maximum Gasteiger partial charge on any atom is 0.325 e. The summed E-state index contributed by atoms with van der Waals surface area (Å²) in [5.74, 6) is -3.54. The van der Waals surface area contributed by atoms with Gasteiger partial charge in [0.15, 0.2) is 11.6 Å². The van der Waals surface area contributed by atoms with E-state index in [1.807, 2.05) is 18.4 Å². The highest BCUT2D eigenvalue weighted by Crippen LogP contribution is 2.30. The molecule has 1 atom stereocenters. The van der Waals surface area contributed by atoms with Crippen molar-refractivity contribution in [2.45, 2.75) is 19.4 Å².